The molecule has 0 spiro atoms. The molecule has 4 nitrogen and oxygen atoms in total. The molecule has 0 bridgehead atoms. The number of methoxy groups -OCH3 is 1. The van der Waals surface area contributed by atoms with Gasteiger partial charge in [0.2, 0.25) is 0 Å². The van der Waals surface area contributed by atoms with Crippen molar-refractivity contribution in [1.82, 2.24) is 4.57 Å². The number of carbonyl (C=O) groups is 1. The van der Waals surface area contributed by atoms with Crippen molar-refractivity contribution in [3.05, 3.63) is 76.8 Å². The van der Waals surface area contributed by atoms with Crippen molar-refractivity contribution in [1.29, 1.82) is 0 Å². The number of nitrogens with zero attached hydrogens (tertiary/aromatic N) is 2. The number of benzene rings is 3. The number of aromatic nitrogens is 1. The summed E-state index contributed by atoms with van der Waals surface area (Å²) in [4.78, 5) is 17.5. The second-order valence-corrected chi connectivity index (χ2v) is 7.45. The molecule has 0 radical (unpaired) electrons. The van der Waals surface area contributed by atoms with Gasteiger partial charge in [0, 0.05) is 13.7 Å². The number of halogens is 1. The average Bonchev–Trinajstić information content (AvgIpc) is 3.04. The van der Waals surface area contributed by atoms with E-state index in [0.717, 1.165) is 21.0 Å². The van der Waals surface area contributed by atoms with Crippen LogP contribution in [0.5, 0.6) is 0 Å². The zero-order valence-electron chi connectivity index (χ0n) is 15.4. The van der Waals surface area contributed by atoms with E-state index in [1.165, 1.54) is 17.4 Å². The number of thiazole rings is 1. The lowest BCUT2D eigenvalue weighted by Gasteiger charge is -2.05. The van der Waals surface area contributed by atoms with Crippen LogP contribution in [0.3, 0.4) is 0 Å². The number of rotatable bonds is 5. The normalized spacial score (nSPS) is 12.1. The van der Waals surface area contributed by atoms with Gasteiger partial charge in [-0.25, -0.2) is 4.39 Å². The molecule has 1 amide bonds. The van der Waals surface area contributed by atoms with Crippen molar-refractivity contribution >= 4 is 38.2 Å². The Balaban J connectivity index is 1.74. The van der Waals surface area contributed by atoms with Crippen molar-refractivity contribution in [2.24, 2.45) is 4.99 Å². The third-order valence-electron chi connectivity index (χ3n) is 4.61. The van der Waals surface area contributed by atoms with Crippen molar-refractivity contribution in [2.45, 2.75) is 13.0 Å². The van der Waals surface area contributed by atoms with Gasteiger partial charge in [-0.2, -0.15) is 4.99 Å². The van der Waals surface area contributed by atoms with E-state index >= 15 is 0 Å². The second-order valence-electron chi connectivity index (χ2n) is 6.44. The summed E-state index contributed by atoms with van der Waals surface area (Å²) in [5, 5.41) is 2.13. The van der Waals surface area contributed by atoms with E-state index in [-0.39, 0.29) is 18.1 Å². The summed E-state index contributed by atoms with van der Waals surface area (Å²) < 4.78 is 22.0. The minimum Gasteiger partial charge on any atom is -0.383 e. The molecular formula is C22H19FN2O2S. The largest absolute Gasteiger partial charge is 0.383 e. The number of ether oxygens (including phenoxy) is 1. The van der Waals surface area contributed by atoms with E-state index < -0.39 is 0 Å². The molecule has 0 atom stereocenters. The zero-order valence-corrected chi connectivity index (χ0v) is 16.2. The van der Waals surface area contributed by atoms with Gasteiger partial charge in [0.1, 0.15) is 5.82 Å². The van der Waals surface area contributed by atoms with E-state index in [2.05, 4.69) is 4.99 Å². The maximum atomic E-state index is 14.4. The number of amides is 1. The Morgan fingerprint density at radius 3 is 2.75 bits per heavy atom. The molecule has 142 valence electrons. The lowest BCUT2D eigenvalue weighted by atomic mass is 10.0. The third-order valence-corrected chi connectivity index (χ3v) is 5.66. The molecule has 0 saturated carbocycles. The molecule has 0 saturated heterocycles. The smallest absolute Gasteiger partial charge is 0.252 e. The number of carbonyl (C=O) groups excluding carboxylic acids is 1. The van der Waals surface area contributed by atoms with Crippen molar-refractivity contribution < 1.29 is 13.9 Å². The van der Waals surface area contributed by atoms with Gasteiger partial charge in [0.15, 0.2) is 4.80 Å². The molecule has 0 fully saturated rings. The summed E-state index contributed by atoms with van der Waals surface area (Å²) in [7, 11) is 1.59. The topological polar surface area (TPSA) is 43.6 Å². The Morgan fingerprint density at radius 2 is 1.89 bits per heavy atom. The first-order chi connectivity index (χ1) is 13.7. The summed E-state index contributed by atoms with van der Waals surface area (Å²) in [6.07, 6.45) is 0.197. The molecule has 4 aromatic rings. The van der Waals surface area contributed by atoms with E-state index in [9.17, 15) is 9.18 Å². The summed E-state index contributed by atoms with van der Waals surface area (Å²) >= 11 is 1.31. The maximum Gasteiger partial charge on any atom is 0.252 e. The molecule has 0 N–H and O–H groups in total. The van der Waals surface area contributed by atoms with Crippen LogP contribution in [0, 0.1) is 5.82 Å². The van der Waals surface area contributed by atoms with Gasteiger partial charge in [0.05, 0.1) is 23.2 Å². The number of hydrogen-bond donors (Lipinski definition) is 0. The Morgan fingerprint density at radius 1 is 1.11 bits per heavy atom. The van der Waals surface area contributed by atoms with Crippen LogP contribution < -0.4 is 4.80 Å². The van der Waals surface area contributed by atoms with Crippen molar-refractivity contribution in [3.63, 3.8) is 0 Å². The van der Waals surface area contributed by atoms with Gasteiger partial charge in [-0.3, -0.25) is 4.79 Å². The first-order valence-electron chi connectivity index (χ1n) is 8.98. The Hall–Kier alpha value is -2.83. The quantitative estimate of drug-likeness (QED) is 0.506. The standard InChI is InChI=1S/C22H19FN2O2S/c1-27-13-12-25-21-18(23)10-5-11-19(21)28-22(25)24-20(26)14-16-8-4-7-15-6-2-3-9-17(15)16/h2-11H,12-14H2,1H3. The highest BCUT2D eigenvalue weighted by Crippen LogP contribution is 2.21. The van der Waals surface area contributed by atoms with E-state index in [1.807, 2.05) is 48.5 Å². The zero-order chi connectivity index (χ0) is 19.5. The van der Waals surface area contributed by atoms with Crippen molar-refractivity contribution in [3.8, 4) is 0 Å². The van der Waals surface area contributed by atoms with Crippen LogP contribution >= 0.6 is 11.3 Å². The summed E-state index contributed by atoms with van der Waals surface area (Å²) in [5.74, 6) is -0.581. The van der Waals surface area contributed by atoms with E-state index in [4.69, 9.17) is 4.74 Å². The van der Waals surface area contributed by atoms with Crippen molar-refractivity contribution in [2.75, 3.05) is 13.7 Å². The molecule has 4 rings (SSSR count). The Labute approximate surface area is 165 Å². The Kier molecular flexibility index (Phi) is 5.32. The Bertz CT molecular complexity index is 1220. The van der Waals surface area contributed by atoms with Crippen LogP contribution in [0.4, 0.5) is 4.39 Å². The van der Waals surface area contributed by atoms with Crippen LogP contribution in [-0.4, -0.2) is 24.2 Å². The molecule has 3 aromatic carbocycles. The highest BCUT2D eigenvalue weighted by molar-refractivity contribution is 7.16. The third kappa shape index (κ3) is 3.61. The highest BCUT2D eigenvalue weighted by atomic mass is 32.1. The average molecular weight is 394 g/mol. The fourth-order valence-electron chi connectivity index (χ4n) is 3.32. The summed E-state index contributed by atoms with van der Waals surface area (Å²) in [6.45, 7) is 0.836. The minimum absolute atomic E-state index is 0.197. The van der Waals surface area contributed by atoms with Crippen LogP contribution in [0.25, 0.3) is 21.0 Å². The molecule has 0 aliphatic rings. The second kappa shape index (κ2) is 8.04. The highest BCUT2D eigenvalue weighted by Gasteiger charge is 2.12. The van der Waals surface area contributed by atoms with Crippen LogP contribution in [-0.2, 0) is 22.5 Å². The molecule has 0 aliphatic heterocycles. The van der Waals surface area contributed by atoms with E-state index in [1.54, 1.807) is 17.7 Å². The fourth-order valence-corrected chi connectivity index (χ4v) is 4.41. The molecule has 0 unspecified atom stereocenters. The monoisotopic (exact) mass is 394 g/mol. The molecule has 1 heterocycles. The lowest BCUT2D eigenvalue weighted by Crippen LogP contribution is -2.20. The molecule has 0 aliphatic carbocycles. The summed E-state index contributed by atoms with van der Waals surface area (Å²) in [6, 6.07) is 18.8. The first-order valence-corrected chi connectivity index (χ1v) is 9.80. The molecule has 6 heteroatoms. The predicted octanol–water partition coefficient (Wildman–Crippen LogP) is 4.31. The molecule has 28 heavy (non-hydrogen) atoms. The van der Waals surface area contributed by atoms with Crippen LogP contribution in [0.2, 0.25) is 0 Å². The lowest BCUT2D eigenvalue weighted by molar-refractivity contribution is -0.117. The van der Waals surface area contributed by atoms with Gasteiger partial charge in [0.25, 0.3) is 5.91 Å². The van der Waals surface area contributed by atoms with Gasteiger partial charge < -0.3 is 9.30 Å². The van der Waals surface area contributed by atoms with Gasteiger partial charge >= 0.3 is 0 Å². The summed E-state index contributed by atoms with van der Waals surface area (Å²) in [5.41, 5.74) is 1.39. The van der Waals surface area contributed by atoms with E-state index in [0.29, 0.717) is 23.5 Å². The number of hydrogen-bond acceptors (Lipinski definition) is 3. The molecule has 1 aromatic heterocycles. The maximum absolute atomic E-state index is 14.4. The van der Waals surface area contributed by atoms with Gasteiger partial charge in [-0.15, -0.1) is 0 Å². The first kappa shape index (κ1) is 18.5. The van der Waals surface area contributed by atoms with Gasteiger partial charge in [-0.05, 0) is 28.5 Å². The van der Waals surface area contributed by atoms with Crippen LogP contribution in [0.1, 0.15) is 5.56 Å². The fraction of sp³-hybridized carbons (Fsp3) is 0.182. The number of fused-ring (bicyclic) bond motifs is 2. The predicted molar refractivity (Wildman–Crippen MR) is 110 cm³/mol. The number of para-hydroxylation sites is 1. The minimum atomic E-state index is -0.326. The van der Waals surface area contributed by atoms with Gasteiger partial charge in [-0.1, -0.05) is 59.9 Å². The molecular weight excluding hydrogens is 375 g/mol. The van der Waals surface area contributed by atoms with Crippen LogP contribution in [0.15, 0.2) is 65.7 Å². The SMILES string of the molecule is COCCn1c(=NC(=O)Cc2cccc3ccccc23)sc2cccc(F)c21.